The molecule has 2 aromatic carbocycles. The van der Waals surface area contributed by atoms with Crippen LogP contribution in [-0.2, 0) is 4.79 Å². The third kappa shape index (κ3) is 4.51. The molecule has 2 unspecified atom stereocenters. The number of rotatable bonds is 8. The Morgan fingerprint density at radius 2 is 1.88 bits per heavy atom. The highest BCUT2D eigenvalue weighted by Crippen LogP contribution is 2.38. The van der Waals surface area contributed by atoms with Gasteiger partial charge in [-0.05, 0) is 62.3 Å². The summed E-state index contributed by atoms with van der Waals surface area (Å²) in [5.74, 6) is 1.07. The van der Waals surface area contributed by atoms with Crippen LogP contribution in [-0.4, -0.2) is 52.7 Å². The zero-order valence-electron chi connectivity index (χ0n) is 19.2. The molecular formula is C26H33N3O3. The average molecular weight is 436 g/mol. The largest absolute Gasteiger partial charge is 0.492 e. The maximum Gasteiger partial charge on any atom is 0.313 e. The van der Waals surface area contributed by atoms with Gasteiger partial charge < -0.3 is 19.7 Å². The fourth-order valence-corrected chi connectivity index (χ4v) is 4.81. The zero-order chi connectivity index (χ0) is 22.7. The molecule has 6 nitrogen and oxygen atoms in total. The second-order valence-electron chi connectivity index (χ2n) is 9.36. The third-order valence-electron chi connectivity index (χ3n) is 7.09. The van der Waals surface area contributed by atoms with Gasteiger partial charge in [0.05, 0.1) is 5.92 Å². The minimum atomic E-state index is -0.754. The molecule has 0 bridgehead atoms. The second-order valence-corrected chi connectivity index (χ2v) is 9.36. The van der Waals surface area contributed by atoms with E-state index in [1.165, 1.54) is 5.56 Å². The van der Waals surface area contributed by atoms with Gasteiger partial charge in [0.2, 0.25) is 0 Å². The number of aliphatic carboxylic acids is 1. The van der Waals surface area contributed by atoms with Crippen LogP contribution in [0.25, 0.3) is 10.8 Å². The lowest BCUT2D eigenvalue weighted by Gasteiger charge is -2.32. The number of hydrogen-bond donors (Lipinski definition) is 2. The predicted octanol–water partition coefficient (Wildman–Crippen LogP) is 5.06. The number of aromatic amines is 1. The molecule has 1 aliphatic carbocycles. The summed E-state index contributed by atoms with van der Waals surface area (Å²) in [7, 11) is 4.17. The number of carboxylic acids is 1. The van der Waals surface area contributed by atoms with Crippen molar-refractivity contribution in [2.75, 3.05) is 20.7 Å². The van der Waals surface area contributed by atoms with E-state index in [2.05, 4.69) is 60.2 Å². The standard InChI is InChI=1S/C26H33N3O3/c1-18(29(2)3)23(24-27-13-14-28-24)21-8-7-20-16-22(10-9-19(20)15-21)32-17-26(25(30)31)11-5-4-6-12-26/h7-10,13-16,18,23H,4-6,11-12,17H2,1-3H3,(H,27,28)(H,30,31). The van der Waals surface area contributed by atoms with Gasteiger partial charge in [-0.1, -0.05) is 43.5 Å². The Bertz CT molecular complexity index is 1060. The van der Waals surface area contributed by atoms with Gasteiger partial charge in [-0.15, -0.1) is 0 Å². The van der Waals surface area contributed by atoms with Gasteiger partial charge in [-0.25, -0.2) is 4.98 Å². The van der Waals surface area contributed by atoms with Gasteiger partial charge >= 0.3 is 5.97 Å². The van der Waals surface area contributed by atoms with E-state index < -0.39 is 11.4 Å². The molecule has 170 valence electrons. The van der Waals surface area contributed by atoms with Crippen molar-refractivity contribution in [1.82, 2.24) is 14.9 Å². The second kappa shape index (κ2) is 9.33. The predicted molar refractivity (Wildman–Crippen MR) is 126 cm³/mol. The van der Waals surface area contributed by atoms with E-state index in [1.807, 2.05) is 18.3 Å². The number of nitrogens with one attached hydrogen (secondary N) is 1. The van der Waals surface area contributed by atoms with Crippen molar-refractivity contribution in [1.29, 1.82) is 0 Å². The average Bonchev–Trinajstić information content (AvgIpc) is 3.32. The van der Waals surface area contributed by atoms with Gasteiger partial charge in [0.25, 0.3) is 0 Å². The number of aromatic nitrogens is 2. The molecule has 0 amide bonds. The molecule has 4 rings (SSSR count). The molecule has 6 heteroatoms. The molecule has 2 N–H and O–H groups in total. The smallest absolute Gasteiger partial charge is 0.313 e. The summed E-state index contributed by atoms with van der Waals surface area (Å²) in [5, 5.41) is 12.0. The van der Waals surface area contributed by atoms with Crippen LogP contribution in [0.2, 0.25) is 0 Å². The van der Waals surface area contributed by atoms with Gasteiger partial charge in [0.1, 0.15) is 23.6 Å². The number of ether oxygens (including phenoxy) is 1. The Kier molecular flexibility index (Phi) is 6.51. The number of carboxylic acid groups (broad SMARTS) is 1. The first kappa shape index (κ1) is 22.3. The van der Waals surface area contributed by atoms with Crippen molar-refractivity contribution in [3.63, 3.8) is 0 Å². The van der Waals surface area contributed by atoms with Crippen molar-refractivity contribution < 1.29 is 14.6 Å². The maximum absolute atomic E-state index is 11.9. The lowest BCUT2D eigenvalue weighted by atomic mass is 9.75. The van der Waals surface area contributed by atoms with Crippen LogP contribution in [0.1, 0.15) is 56.3 Å². The molecule has 0 spiro atoms. The summed E-state index contributed by atoms with van der Waals surface area (Å²) in [6, 6.07) is 12.8. The van der Waals surface area contributed by atoms with Gasteiger partial charge in [0.15, 0.2) is 0 Å². The monoisotopic (exact) mass is 435 g/mol. The fourth-order valence-electron chi connectivity index (χ4n) is 4.81. The first-order valence-corrected chi connectivity index (χ1v) is 11.5. The summed E-state index contributed by atoms with van der Waals surface area (Å²) in [5.41, 5.74) is 0.449. The number of benzene rings is 2. The van der Waals surface area contributed by atoms with Crippen LogP contribution in [0.3, 0.4) is 0 Å². The summed E-state index contributed by atoms with van der Waals surface area (Å²) in [4.78, 5) is 21.9. The molecule has 0 saturated heterocycles. The van der Waals surface area contributed by atoms with Crippen LogP contribution >= 0.6 is 0 Å². The summed E-state index contributed by atoms with van der Waals surface area (Å²) >= 11 is 0. The molecule has 0 aliphatic heterocycles. The number of fused-ring (bicyclic) bond motifs is 1. The quantitative estimate of drug-likeness (QED) is 0.517. The van der Waals surface area contributed by atoms with Crippen molar-refractivity contribution in [2.45, 2.75) is 51.0 Å². The van der Waals surface area contributed by atoms with Crippen LogP contribution in [0, 0.1) is 5.41 Å². The van der Waals surface area contributed by atoms with E-state index in [-0.39, 0.29) is 18.6 Å². The van der Waals surface area contributed by atoms with E-state index >= 15 is 0 Å². The first-order valence-electron chi connectivity index (χ1n) is 11.5. The summed E-state index contributed by atoms with van der Waals surface area (Å²) in [6.07, 6.45) is 8.07. The van der Waals surface area contributed by atoms with Crippen molar-refractivity contribution in [3.05, 3.63) is 60.2 Å². The molecular weight excluding hydrogens is 402 g/mol. The summed E-state index contributed by atoms with van der Waals surface area (Å²) in [6.45, 7) is 2.44. The first-order chi connectivity index (χ1) is 15.4. The van der Waals surface area contributed by atoms with Gasteiger partial charge in [-0.2, -0.15) is 0 Å². The Morgan fingerprint density at radius 3 is 2.53 bits per heavy atom. The zero-order valence-corrected chi connectivity index (χ0v) is 19.2. The molecule has 1 aromatic heterocycles. The van der Waals surface area contributed by atoms with Gasteiger partial charge in [0, 0.05) is 18.4 Å². The summed E-state index contributed by atoms with van der Waals surface area (Å²) < 4.78 is 6.02. The van der Waals surface area contributed by atoms with Crippen molar-refractivity contribution >= 4 is 16.7 Å². The highest BCUT2D eigenvalue weighted by Gasteiger charge is 2.40. The number of carbonyl (C=O) groups is 1. The lowest BCUT2D eigenvalue weighted by molar-refractivity contribution is -0.153. The molecule has 3 aromatic rings. The van der Waals surface area contributed by atoms with Crippen LogP contribution in [0.4, 0.5) is 0 Å². The molecule has 1 fully saturated rings. The van der Waals surface area contributed by atoms with Crippen molar-refractivity contribution in [2.24, 2.45) is 5.41 Å². The molecule has 32 heavy (non-hydrogen) atoms. The Labute approximate surface area is 189 Å². The fraction of sp³-hybridized carbons (Fsp3) is 0.462. The highest BCUT2D eigenvalue weighted by molar-refractivity contribution is 5.84. The highest BCUT2D eigenvalue weighted by atomic mass is 16.5. The Hall–Kier alpha value is -2.86. The van der Waals surface area contributed by atoms with E-state index in [0.717, 1.165) is 41.6 Å². The van der Waals surface area contributed by atoms with E-state index in [1.54, 1.807) is 6.20 Å². The van der Waals surface area contributed by atoms with Gasteiger partial charge in [-0.3, -0.25) is 4.79 Å². The molecule has 1 saturated carbocycles. The minimum absolute atomic E-state index is 0.127. The maximum atomic E-state index is 11.9. The number of likely N-dealkylation sites (N-methyl/N-ethyl adjacent to an activating group) is 1. The Morgan fingerprint density at radius 1 is 1.16 bits per heavy atom. The third-order valence-corrected chi connectivity index (χ3v) is 7.09. The minimum Gasteiger partial charge on any atom is -0.492 e. The van der Waals surface area contributed by atoms with E-state index in [0.29, 0.717) is 12.8 Å². The number of H-pyrrole nitrogens is 1. The molecule has 1 aliphatic rings. The molecule has 2 atom stereocenters. The van der Waals surface area contributed by atoms with Crippen LogP contribution < -0.4 is 4.74 Å². The SMILES string of the molecule is CC(C(c1ccc2cc(OCC3(C(=O)O)CCCCC3)ccc2c1)c1ncc[nH]1)N(C)C. The number of imidazole rings is 1. The number of nitrogens with zero attached hydrogens (tertiary/aromatic N) is 2. The molecule has 1 heterocycles. The normalized spacial score (nSPS) is 17.9. The van der Waals surface area contributed by atoms with Crippen molar-refractivity contribution in [3.8, 4) is 5.75 Å². The van der Waals surface area contributed by atoms with Crippen LogP contribution in [0.5, 0.6) is 5.75 Å². The van der Waals surface area contributed by atoms with E-state index in [9.17, 15) is 9.90 Å². The number of hydrogen-bond acceptors (Lipinski definition) is 4. The van der Waals surface area contributed by atoms with E-state index in [4.69, 9.17) is 4.74 Å². The molecule has 0 radical (unpaired) electrons. The lowest BCUT2D eigenvalue weighted by Crippen LogP contribution is -2.38. The topological polar surface area (TPSA) is 78.5 Å². The Balaban J connectivity index is 1.57. The van der Waals surface area contributed by atoms with Crippen LogP contribution in [0.15, 0.2) is 48.8 Å².